The summed E-state index contributed by atoms with van der Waals surface area (Å²) in [5.41, 5.74) is 2.32. The van der Waals surface area contributed by atoms with Gasteiger partial charge in [-0.05, 0) is 26.6 Å². The molecule has 0 aliphatic carbocycles. The van der Waals surface area contributed by atoms with Crippen LogP contribution in [-0.2, 0) is 16.0 Å². The number of amides is 1. The lowest BCUT2D eigenvalue weighted by Gasteiger charge is -2.22. The smallest absolute Gasteiger partial charge is 0.227 e. The first kappa shape index (κ1) is 15.5. The third-order valence-corrected chi connectivity index (χ3v) is 4.87. The Balaban J connectivity index is 1.58. The van der Waals surface area contributed by atoms with Crippen molar-refractivity contribution in [2.45, 2.75) is 19.4 Å². The number of hydrogen-bond donors (Lipinski definition) is 0. The van der Waals surface area contributed by atoms with Crippen molar-refractivity contribution in [2.75, 3.05) is 40.3 Å². The van der Waals surface area contributed by atoms with Gasteiger partial charge in [-0.25, -0.2) is 0 Å². The average molecular weight is 302 g/mol. The fraction of sp³-hybridized carbons (Fsp3) is 0.611. The van der Waals surface area contributed by atoms with E-state index in [1.807, 2.05) is 4.90 Å². The van der Waals surface area contributed by atoms with Crippen molar-refractivity contribution in [2.24, 2.45) is 11.8 Å². The van der Waals surface area contributed by atoms with Crippen LogP contribution in [0.3, 0.4) is 0 Å². The Hall–Kier alpha value is -1.39. The molecule has 0 radical (unpaired) electrons. The molecular weight excluding hydrogens is 276 g/mol. The Morgan fingerprint density at radius 2 is 2.00 bits per heavy atom. The van der Waals surface area contributed by atoms with Crippen LogP contribution in [0.1, 0.15) is 11.1 Å². The Morgan fingerprint density at radius 3 is 2.68 bits per heavy atom. The largest absolute Gasteiger partial charge is 0.376 e. The van der Waals surface area contributed by atoms with Gasteiger partial charge in [0.05, 0.1) is 19.1 Å². The van der Waals surface area contributed by atoms with Gasteiger partial charge in [-0.2, -0.15) is 0 Å². The molecule has 0 unspecified atom stereocenters. The van der Waals surface area contributed by atoms with E-state index in [1.165, 1.54) is 5.56 Å². The van der Waals surface area contributed by atoms with Crippen LogP contribution in [0.15, 0.2) is 24.3 Å². The highest BCUT2D eigenvalue weighted by Crippen LogP contribution is 2.34. The minimum absolute atomic E-state index is 0.227. The number of fused-ring (bicyclic) bond motifs is 1. The van der Waals surface area contributed by atoms with Crippen LogP contribution in [0.5, 0.6) is 0 Å². The van der Waals surface area contributed by atoms with E-state index in [1.54, 1.807) is 0 Å². The third-order valence-electron chi connectivity index (χ3n) is 4.87. The maximum Gasteiger partial charge on any atom is 0.227 e. The van der Waals surface area contributed by atoms with Crippen molar-refractivity contribution in [3.63, 3.8) is 0 Å². The monoisotopic (exact) mass is 302 g/mol. The van der Waals surface area contributed by atoms with Gasteiger partial charge in [0.1, 0.15) is 0 Å². The number of ether oxygens (including phenoxy) is 1. The SMILES string of the molecule is Cc1ccc(CC(=O)N2C[C@@H]3[C@H](CN(C)C)CO[C@@H]3C2)cc1. The van der Waals surface area contributed by atoms with Gasteiger partial charge in [0.25, 0.3) is 0 Å². The van der Waals surface area contributed by atoms with Crippen LogP contribution >= 0.6 is 0 Å². The Labute approximate surface area is 133 Å². The molecule has 0 aromatic heterocycles. The lowest BCUT2D eigenvalue weighted by molar-refractivity contribution is -0.130. The third kappa shape index (κ3) is 3.33. The molecule has 2 aliphatic heterocycles. The molecular formula is C18H26N2O2. The van der Waals surface area contributed by atoms with E-state index < -0.39 is 0 Å². The summed E-state index contributed by atoms with van der Waals surface area (Å²) in [7, 11) is 4.20. The average Bonchev–Trinajstić information content (AvgIpc) is 3.03. The van der Waals surface area contributed by atoms with Crippen molar-refractivity contribution >= 4 is 5.91 Å². The Morgan fingerprint density at radius 1 is 1.27 bits per heavy atom. The van der Waals surface area contributed by atoms with Crippen LogP contribution < -0.4 is 0 Å². The highest BCUT2D eigenvalue weighted by Gasteiger charge is 2.44. The number of likely N-dealkylation sites (tertiary alicyclic amines) is 1. The van der Waals surface area contributed by atoms with E-state index in [-0.39, 0.29) is 12.0 Å². The topological polar surface area (TPSA) is 32.8 Å². The Kier molecular flexibility index (Phi) is 4.50. The second kappa shape index (κ2) is 6.39. The summed E-state index contributed by atoms with van der Waals surface area (Å²) in [6.45, 7) is 5.57. The summed E-state index contributed by atoms with van der Waals surface area (Å²) in [6, 6.07) is 8.24. The second-order valence-corrected chi connectivity index (χ2v) is 7.02. The van der Waals surface area contributed by atoms with Crippen molar-refractivity contribution in [1.82, 2.24) is 9.80 Å². The number of rotatable bonds is 4. The summed E-state index contributed by atoms with van der Waals surface area (Å²) < 4.78 is 5.92. The molecule has 1 aromatic rings. The number of hydrogen-bond acceptors (Lipinski definition) is 3. The van der Waals surface area contributed by atoms with Gasteiger partial charge in [0.15, 0.2) is 0 Å². The van der Waals surface area contributed by atoms with Gasteiger partial charge in [-0.3, -0.25) is 4.79 Å². The van der Waals surface area contributed by atoms with E-state index in [4.69, 9.17) is 4.74 Å². The number of aryl methyl sites for hydroxylation is 1. The van der Waals surface area contributed by atoms with Gasteiger partial charge in [0.2, 0.25) is 5.91 Å². The molecule has 0 spiro atoms. The number of benzene rings is 1. The fourth-order valence-corrected chi connectivity index (χ4v) is 3.65. The minimum Gasteiger partial charge on any atom is -0.376 e. The van der Waals surface area contributed by atoms with E-state index in [2.05, 4.69) is 50.2 Å². The van der Waals surface area contributed by atoms with Gasteiger partial charge in [-0.1, -0.05) is 29.8 Å². The zero-order valence-electron chi connectivity index (χ0n) is 13.8. The predicted molar refractivity (Wildman–Crippen MR) is 86.7 cm³/mol. The summed E-state index contributed by atoms with van der Waals surface area (Å²) in [5, 5.41) is 0. The molecule has 2 heterocycles. The molecule has 3 rings (SSSR count). The number of carbonyl (C=O) groups excluding carboxylic acids is 1. The van der Waals surface area contributed by atoms with Gasteiger partial charge >= 0.3 is 0 Å². The summed E-state index contributed by atoms with van der Waals surface area (Å²) in [4.78, 5) is 16.7. The first-order valence-electron chi connectivity index (χ1n) is 8.12. The van der Waals surface area contributed by atoms with Crippen molar-refractivity contribution in [1.29, 1.82) is 0 Å². The molecule has 4 nitrogen and oxygen atoms in total. The van der Waals surface area contributed by atoms with Gasteiger partial charge < -0.3 is 14.5 Å². The predicted octanol–water partition coefficient (Wildman–Crippen LogP) is 1.57. The molecule has 0 saturated carbocycles. The molecule has 2 fully saturated rings. The second-order valence-electron chi connectivity index (χ2n) is 7.02. The highest BCUT2D eigenvalue weighted by molar-refractivity contribution is 5.79. The first-order chi connectivity index (χ1) is 10.5. The van der Waals surface area contributed by atoms with Crippen molar-refractivity contribution in [3.05, 3.63) is 35.4 Å². The lowest BCUT2D eigenvalue weighted by Crippen LogP contribution is -2.34. The zero-order chi connectivity index (χ0) is 15.7. The van der Waals surface area contributed by atoms with Gasteiger partial charge in [-0.15, -0.1) is 0 Å². The summed E-state index contributed by atoms with van der Waals surface area (Å²) in [5.74, 6) is 1.28. The minimum atomic E-state index is 0.227. The molecule has 120 valence electrons. The lowest BCUT2D eigenvalue weighted by atomic mass is 9.93. The van der Waals surface area contributed by atoms with Crippen LogP contribution in [0, 0.1) is 18.8 Å². The maximum atomic E-state index is 12.5. The molecule has 2 aliphatic rings. The van der Waals surface area contributed by atoms with E-state index in [0.717, 1.165) is 31.8 Å². The molecule has 1 amide bonds. The van der Waals surface area contributed by atoms with Crippen LogP contribution in [0.4, 0.5) is 0 Å². The molecule has 1 aromatic carbocycles. The normalized spacial score (nSPS) is 27.5. The quantitative estimate of drug-likeness (QED) is 0.846. The molecule has 22 heavy (non-hydrogen) atoms. The van der Waals surface area contributed by atoms with Crippen LogP contribution in [0.2, 0.25) is 0 Å². The van der Waals surface area contributed by atoms with E-state index in [9.17, 15) is 4.79 Å². The molecule has 3 atom stereocenters. The van der Waals surface area contributed by atoms with E-state index in [0.29, 0.717) is 18.3 Å². The molecule has 2 saturated heterocycles. The van der Waals surface area contributed by atoms with Crippen LogP contribution in [-0.4, -0.2) is 62.1 Å². The standard InChI is InChI=1S/C18H26N2O2/c1-13-4-6-14(7-5-13)8-18(21)20-10-16-15(9-19(2)3)12-22-17(16)11-20/h4-7,15-17H,8-12H2,1-3H3/t15-,16-,17-/m1/s1. The Bertz CT molecular complexity index is 526. The molecule has 0 bridgehead atoms. The number of nitrogens with zero attached hydrogens (tertiary/aromatic N) is 2. The fourth-order valence-electron chi connectivity index (χ4n) is 3.65. The summed E-state index contributed by atoms with van der Waals surface area (Å²) in [6.07, 6.45) is 0.741. The first-order valence-corrected chi connectivity index (χ1v) is 8.12. The van der Waals surface area contributed by atoms with Crippen LogP contribution in [0.25, 0.3) is 0 Å². The summed E-state index contributed by atoms with van der Waals surface area (Å²) >= 11 is 0. The zero-order valence-corrected chi connectivity index (χ0v) is 13.8. The maximum absolute atomic E-state index is 12.5. The van der Waals surface area contributed by atoms with E-state index >= 15 is 0 Å². The number of carbonyl (C=O) groups is 1. The van der Waals surface area contributed by atoms with Gasteiger partial charge in [0, 0.05) is 31.5 Å². The molecule has 0 N–H and O–H groups in total. The van der Waals surface area contributed by atoms with Crippen molar-refractivity contribution in [3.8, 4) is 0 Å². The van der Waals surface area contributed by atoms with Crippen molar-refractivity contribution < 1.29 is 9.53 Å². The molecule has 4 heteroatoms. The highest BCUT2D eigenvalue weighted by atomic mass is 16.5.